The summed E-state index contributed by atoms with van der Waals surface area (Å²) in [5.74, 6) is 1.13. The normalized spacial score (nSPS) is 11.9. The molecule has 1 aromatic carbocycles. The minimum atomic E-state index is -0.0827. The molecule has 1 rings (SSSR count). The summed E-state index contributed by atoms with van der Waals surface area (Å²) >= 11 is 1.57. The van der Waals surface area contributed by atoms with Crippen LogP contribution in [-0.4, -0.2) is 35.7 Å². The number of nitrogens with one attached hydrogen (secondary N) is 1. The van der Waals surface area contributed by atoms with E-state index in [1.807, 2.05) is 6.92 Å². The Bertz CT molecular complexity index is 426. The number of nitrogens with two attached hydrogens (primary N) is 1. The van der Waals surface area contributed by atoms with Crippen molar-refractivity contribution in [1.82, 2.24) is 0 Å². The van der Waals surface area contributed by atoms with Gasteiger partial charge in [0.25, 0.3) is 0 Å². The highest BCUT2D eigenvalue weighted by Gasteiger charge is 2.09. The molecule has 0 saturated carbocycles. The number of aliphatic hydroxyl groups is 1. The summed E-state index contributed by atoms with van der Waals surface area (Å²) in [7, 11) is 1.53. The molecule has 6 heteroatoms. The number of rotatable bonds is 7. The van der Waals surface area contributed by atoms with Gasteiger partial charge in [-0.2, -0.15) is 11.8 Å². The molecule has 106 valence electrons. The first kappa shape index (κ1) is 15.7. The molecule has 4 N–H and O–H groups in total. The van der Waals surface area contributed by atoms with Crippen LogP contribution in [0.4, 0.5) is 11.4 Å². The van der Waals surface area contributed by atoms with Crippen LogP contribution in [0.5, 0.6) is 5.75 Å². The summed E-state index contributed by atoms with van der Waals surface area (Å²) in [5.41, 5.74) is 6.84. The fraction of sp³-hybridized carbons (Fsp3) is 0.462. The number of anilines is 2. The Morgan fingerprint density at radius 2 is 2.32 bits per heavy atom. The molecule has 5 nitrogen and oxygen atoms in total. The number of ether oxygens (including phenoxy) is 1. The predicted octanol–water partition coefficient (Wildman–Crippen LogP) is 1.72. The predicted molar refractivity (Wildman–Crippen MR) is 79.7 cm³/mol. The van der Waals surface area contributed by atoms with Crippen LogP contribution in [0.25, 0.3) is 0 Å². The fourth-order valence-electron chi connectivity index (χ4n) is 1.43. The topological polar surface area (TPSA) is 84.6 Å². The van der Waals surface area contributed by atoms with E-state index in [4.69, 9.17) is 15.6 Å². The van der Waals surface area contributed by atoms with E-state index < -0.39 is 0 Å². The Morgan fingerprint density at radius 1 is 1.58 bits per heavy atom. The number of benzene rings is 1. The number of methoxy groups -OCH3 is 1. The van der Waals surface area contributed by atoms with Crippen molar-refractivity contribution in [2.24, 2.45) is 0 Å². The molecule has 0 heterocycles. The van der Waals surface area contributed by atoms with Crippen molar-refractivity contribution < 1.29 is 14.6 Å². The molecule has 0 aliphatic carbocycles. The quantitative estimate of drug-likeness (QED) is 0.664. The lowest BCUT2D eigenvalue weighted by Gasteiger charge is -2.11. The molecule has 0 spiro atoms. The second kappa shape index (κ2) is 7.91. The average Bonchev–Trinajstić information content (AvgIpc) is 2.40. The Balaban J connectivity index is 2.48. The van der Waals surface area contributed by atoms with Gasteiger partial charge < -0.3 is 20.9 Å². The van der Waals surface area contributed by atoms with Crippen LogP contribution in [0.2, 0.25) is 0 Å². The van der Waals surface area contributed by atoms with E-state index in [1.54, 1.807) is 30.0 Å². The van der Waals surface area contributed by atoms with Crippen molar-refractivity contribution in [3.05, 3.63) is 18.2 Å². The number of hydrogen-bond acceptors (Lipinski definition) is 5. The van der Waals surface area contributed by atoms with E-state index in [0.29, 0.717) is 29.3 Å². The highest BCUT2D eigenvalue weighted by molar-refractivity contribution is 7.99. The van der Waals surface area contributed by atoms with Crippen LogP contribution in [0.15, 0.2) is 18.2 Å². The minimum absolute atomic E-state index is 0.0827. The Morgan fingerprint density at radius 3 is 2.95 bits per heavy atom. The number of aliphatic hydroxyl groups excluding tert-OH is 1. The van der Waals surface area contributed by atoms with E-state index in [-0.39, 0.29) is 17.8 Å². The van der Waals surface area contributed by atoms with Crippen LogP contribution in [0.3, 0.4) is 0 Å². The summed E-state index contributed by atoms with van der Waals surface area (Å²) in [6, 6.07) is 5.09. The number of thioether (sulfide) groups is 1. The molecule has 1 aromatic rings. The van der Waals surface area contributed by atoms with Crippen molar-refractivity contribution in [3.8, 4) is 5.75 Å². The van der Waals surface area contributed by atoms with Crippen molar-refractivity contribution in [1.29, 1.82) is 0 Å². The van der Waals surface area contributed by atoms with E-state index in [0.717, 1.165) is 0 Å². The van der Waals surface area contributed by atoms with Gasteiger partial charge in [0.1, 0.15) is 5.75 Å². The SMILES string of the molecule is COc1cc(N)ccc1NC(=O)CCSC(C)CO. The van der Waals surface area contributed by atoms with E-state index in [9.17, 15) is 4.79 Å². The Kier molecular flexibility index (Phi) is 6.52. The third kappa shape index (κ3) is 5.40. The van der Waals surface area contributed by atoms with Crippen LogP contribution in [-0.2, 0) is 4.79 Å². The zero-order valence-corrected chi connectivity index (χ0v) is 12.0. The van der Waals surface area contributed by atoms with Crippen molar-refractivity contribution in [3.63, 3.8) is 0 Å². The molecule has 0 radical (unpaired) electrons. The summed E-state index contributed by atoms with van der Waals surface area (Å²) in [5, 5.41) is 11.8. The van der Waals surface area contributed by atoms with Gasteiger partial charge in [-0.3, -0.25) is 4.79 Å². The van der Waals surface area contributed by atoms with Gasteiger partial charge in [-0.15, -0.1) is 0 Å². The number of nitrogen functional groups attached to an aromatic ring is 1. The summed E-state index contributed by atoms with van der Waals surface area (Å²) in [6.45, 7) is 2.05. The maximum absolute atomic E-state index is 11.8. The molecule has 0 aromatic heterocycles. The largest absolute Gasteiger partial charge is 0.494 e. The third-order valence-electron chi connectivity index (χ3n) is 2.49. The lowest BCUT2D eigenvalue weighted by atomic mass is 10.2. The number of carbonyl (C=O) groups is 1. The van der Waals surface area contributed by atoms with E-state index in [2.05, 4.69) is 5.32 Å². The van der Waals surface area contributed by atoms with Crippen LogP contribution < -0.4 is 15.8 Å². The molecule has 0 fully saturated rings. The van der Waals surface area contributed by atoms with Crippen molar-refractivity contribution in [2.45, 2.75) is 18.6 Å². The third-order valence-corrected chi connectivity index (χ3v) is 3.65. The van der Waals surface area contributed by atoms with Gasteiger partial charge in [0.2, 0.25) is 5.91 Å². The molecule has 19 heavy (non-hydrogen) atoms. The fourth-order valence-corrected chi connectivity index (χ4v) is 2.24. The van der Waals surface area contributed by atoms with Gasteiger partial charge >= 0.3 is 0 Å². The molecular weight excluding hydrogens is 264 g/mol. The lowest BCUT2D eigenvalue weighted by Crippen LogP contribution is -2.14. The zero-order chi connectivity index (χ0) is 14.3. The van der Waals surface area contributed by atoms with Gasteiger partial charge in [0.05, 0.1) is 19.4 Å². The second-order valence-corrected chi connectivity index (χ2v) is 5.67. The number of carbonyl (C=O) groups excluding carboxylic acids is 1. The second-order valence-electron chi connectivity index (χ2n) is 4.12. The smallest absolute Gasteiger partial charge is 0.225 e. The molecule has 0 aliphatic heterocycles. The molecular formula is C13H20N2O3S. The highest BCUT2D eigenvalue weighted by Crippen LogP contribution is 2.26. The van der Waals surface area contributed by atoms with E-state index >= 15 is 0 Å². The first-order valence-corrected chi connectivity index (χ1v) is 7.07. The average molecular weight is 284 g/mol. The van der Waals surface area contributed by atoms with Gasteiger partial charge in [-0.05, 0) is 12.1 Å². The highest BCUT2D eigenvalue weighted by atomic mass is 32.2. The molecule has 1 amide bonds. The number of amides is 1. The van der Waals surface area contributed by atoms with Crippen LogP contribution >= 0.6 is 11.8 Å². The van der Waals surface area contributed by atoms with Gasteiger partial charge in [0, 0.05) is 29.2 Å². The van der Waals surface area contributed by atoms with Gasteiger partial charge in [-0.25, -0.2) is 0 Å². The maximum atomic E-state index is 11.8. The summed E-state index contributed by atoms with van der Waals surface area (Å²) in [4.78, 5) is 11.8. The van der Waals surface area contributed by atoms with Crippen molar-refractivity contribution >= 4 is 29.0 Å². The van der Waals surface area contributed by atoms with Gasteiger partial charge in [0.15, 0.2) is 0 Å². The van der Waals surface area contributed by atoms with Gasteiger partial charge in [-0.1, -0.05) is 6.92 Å². The summed E-state index contributed by atoms with van der Waals surface area (Å²) < 4.78 is 5.15. The van der Waals surface area contributed by atoms with Crippen LogP contribution in [0, 0.1) is 0 Å². The first-order valence-electron chi connectivity index (χ1n) is 6.02. The van der Waals surface area contributed by atoms with Crippen LogP contribution in [0.1, 0.15) is 13.3 Å². The summed E-state index contributed by atoms with van der Waals surface area (Å²) in [6.07, 6.45) is 0.391. The molecule has 0 bridgehead atoms. The first-order chi connectivity index (χ1) is 9.06. The number of hydrogen-bond donors (Lipinski definition) is 3. The van der Waals surface area contributed by atoms with E-state index in [1.165, 1.54) is 7.11 Å². The molecule has 0 aliphatic rings. The Hall–Kier alpha value is -1.40. The molecule has 1 unspecified atom stereocenters. The zero-order valence-electron chi connectivity index (χ0n) is 11.2. The Labute approximate surface area is 117 Å². The lowest BCUT2D eigenvalue weighted by molar-refractivity contribution is -0.115. The minimum Gasteiger partial charge on any atom is -0.494 e. The monoisotopic (exact) mass is 284 g/mol. The van der Waals surface area contributed by atoms with Crippen molar-refractivity contribution in [2.75, 3.05) is 30.5 Å². The molecule has 0 saturated heterocycles. The molecule has 1 atom stereocenters. The standard InChI is InChI=1S/C13H20N2O3S/c1-9(8-16)19-6-5-13(17)15-11-4-3-10(14)7-12(11)18-2/h3-4,7,9,16H,5-6,8,14H2,1-2H3,(H,15,17). The maximum Gasteiger partial charge on any atom is 0.225 e.